The highest BCUT2D eigenvalue weighted by Crippen LogP contribution is 2.39. The van der Waals surface area contributed by atoms with Crippen LogP contribution in [0.15, 0.2) is 35.8 Å². The van der Waals surface area contributed by atoms with Crippen LogP contribution in [0.25, 0.3) is 0 Å². The van der Waals surface area contributed by atoms with Gasteiger partial charge in [0.1, 0.15) is 9.90 Å². The number of benzene rings is 1. The summed E-state index contributed by atoms with van der Waals surface area (Å²) in [5.41, 5.74) is 6.96. The van der Waals surface area contributed by atoms with E-state index in [-0.39, 0.29) is 28.2 Å². The first-order valence-electron chi connectivity index (χ1n) is 11.7. The predicted molar refractivity (Wildman–Crippen MR) is 141 cm³/mol. The molecule has 2 aromatic heterocycles. The highest BCUT2D eigenvalue weighted by atomic mass is 35.5. The fourth-order valence-corrected chi connectivity index (χ4v) is 5.84. The number of nitrogens with zero attached hydrogens (tertiary/aromatic N) is 4. The van der Waals surface area contributed by atoms with E-state index in [1.807, 2.05) is 6.07 Å². The fraction of sp³-hybridized carbons (Fsp3) is 0.375. The summed E-state index contributed by atoms with van der Waals surface area (Å²) in [5.74, 6) is -0.283. The normalized spacial score (nSPS) is 19.2. The Morgan fingerprint density at radius 2 is 2.03 bits per heavy atom. The van der Waals surface area contributed by atoms with Gasteiger partial charge in [0, 0.05) is 43.0 Å². The summed E-state index contributed by atoms with van der Waals surface area (Å²) >= 11 is 7.42. The van der Waals surface area contributed by atoms with Crippen LogP contribution in [-0.2, 0) is 0 Å². The molecular formula is C24H26ClF2N7O2S. The van der Waals surface area contributed by atoms with Crippen molar-refractivity contribution in [3.8, 4) is 5.75 Å². The minimum absolute atomic E-state index is 0.0158. The lowest BCUT2D eigenvalue weighted by Gasteiger charge is -2.37. The van der Waals surface area contributed by atoms with Crippen molar-refractivity contribution in [1.82, 2.24) is 14.9 Å². The number of likely N-dealkylation sites (tertiary alicyclic amines) is 1. The molecule has 13 heteroatoms. The van der Waals surface area contributed by atoms with E-state index in [0.29, 0.717) is 28.7 Å². The van der Waals surface area contributed by atoms with Gasteiger partial charge in [-0.2, -0.15) is 13.8 Å². The first-order valence-corrected chi connectivity index (χ1v) is 13.0. The smallest absolute Gasteiger partial charge is 0.387 e. The number of alkyl halides is 2. The van der Waals surface area contributed by atoms with Gasteiger partial charge in [-0.05, 0) is 43.8 Å². The lowest BCUT2D eigenvalue weighted by Crippen LogP contribution is -2.48. The Kier molecular flexibility index (Phi) is 7.06. The fourth-order valence-electron chi connectivity index (χ4n) is 4.99. The average Bonchev–Trinajstić information content (AvgIpc) is 3.58. The van der Waals surface area contributed by atoms with Crippen molar-refractivity contribution in [3.63, 3.8) is 0 Å². The van der Waals surface area contributed by atoms with Gasteiger partial charge in [-0.15, -0.1) is 11.3 Å². The zero-order valence-electron chi connectivity index (χ0n) is 20.1. The summed E-state index contributed by atoms with van der Waals surface area (Å²) in [6.45, 7) is 3.17. The molecular weight excluding hydrogens is 524 g/mol. The number of carbonyl (C=O) groups is 1. The van der Waals surface area contributed by atoms with Crippen molar-refractivity contribution in [2.24, 2.45) is 5.73 Å². The van der Waals surface area contributed by atoms with Crippen molar-refractivity contribution in [1.29, 1.82) is 0 Å². The molecule has 2 fully saturated rings. The van der Waals surface area contributed by atoms with E-state index in [9.17, 15) is 13.6 Å². The molecule has 4 heterocycles. The SMILES string of the molecule is CC(C)N1C[C@@H]2C[C@H]1CN2c1ccc(Nc2ncc(Cl)c(Nc3ccsc3C(N)=O)n2)c(OC(F)F)c1. The maximum Gasteiger partial charge on any atom is 0.387 e. The number of hydrogen-bond donors (Lipinski definition) is 3. The van der Waals surface area contributed by atoms with E-state index in [2.05, 4.69) is 44.2 Å². The van der Waals surface area contributed by atoms with Gasteiger partial charge in [0.25, 0.3) is 5.91 Å². The van der Waals surface area contributed by atoms with Gasteiger partial charge in [0.05, 0.1) is 17.6 Å². The Morgan fingerprint density at radius 1 is 1.22 bits per heavy atom. The van der Waals surface area contributed by atoms with Crippen LogP contribution in [0.2, 0.25) is 5.02 Å². The number of rotatable bonds is 9. The number of thiophene rings is 1. The largest absolute Gasteiger partial charge is 0.433 e. The van der Waals surface area contributed by atoms with Gasteiger partial charge in [-0.25, -0.2) is 4.98 Å². The number of aromatic nitrogens is 2. The average molecular weight is 550 g/mol. The maximum atomic E-state index is 13.3. The Hall–Kier alpha value is -3.22. The Balaban J connectivity index is 1.38. The number of carbonyl (C=O) groups excluding carboxylic acids is 1. The molecule has 0 aliphatic carbocycles. The first kappa shape index (κ1) is 25.4. The molecule has 2 atom stereocenters. The lowest BCUT2D eigenvalue weighted by atomic mass is 10.2. The standard InChI is InChI=1S/C24H26ClF2N7O2S/c1-12(2)33-10-15-7-14(33)11-34(15)13-3-4-17(19(8-13)36-23(26)27)31-24-29-9-16(25)22(32-24)30-18-5-6-37-20(18)21(28)35/h3-6,8-9,12,14-15,23H,7,10-11H2,1-2H3,(H2,28,35)(H2,29,30,31,32)/t14-,15-/m0/s1. The number of hydrogen-bond acceptors (Lipinski definition) is 9. The number of anilines is 5. The topological polar surface area (TPSA) is 109 Å². The number of amides is 1. The Labute approximate surface area is 221 Å². The lowest BCUT2D eigenvalue weighted by molar-refractivity contribution is -0.0493. The third-order valence-corrected chi connectivity index (χ3v) is 7.80. The van der Waals surface area contributed by atoms with Gasteiger partial charge in [-0.1, -0.05) is 11.6 Å². The molecule has 5 rings (SSSR count). The molecule has 0 radical (unpaired) electrons. The van der Waals surface area contributed by atoms with Gasteiger partial charge >= 0.3 is 6.61 Å². The third-order valence-electron chi connectivity index (χ3n) is 6.59. The van der Waals surface area contributed by atoms with Crippen LogP contribution in [0.5, 0.6) is 5.75 Å². The van der Waals surface area contributed by atoms with Gasteiger partial charge in [0.2, 0.25) is 5.95 Å². The quantitative estimate of drug-likeness (QED) is 0.340. The molecule has 0 spiro atoms. The summed E-state index contributed by atoms with van der Waals surface area (Å²) < 4.78 is 31.5. The molecule has 9 nitrogen and oxygen atoms in total. The van der Waals surface area contributed by atoms with Gasteiger partial charge < -0.3 is 26.0 Å². The van der Waals surface area contributed by atoms with Gasteiger partial charge in [0.15, 0.2) is 11.6 Å². The minimum Gasteiger partial charge on any atom is -0.433 e. The number of primary amides is 1. The van der Waals surface area contributed by atoms with Crippen molar-refractivity contribution in [3.05, 3.63) is 45.7 Å². The Morgan fingerprint density at radius 3 is 2.70 bits per heavy atom. The van der Waals surface area contributed by atoms with Crippen LogP contribution in [0.4, 0.5) is 37.6 Å². The van der Waals surface area contributed by atoms with Crippen LogP contribution in [0.3, 0.4) is 0 Å². The van der Waals surface area contributed by atoms with Crippen LogP contribution < -0.4 is 26.0 Å². The second-order valence-electron chi connectivity index (χ2n) is 9.21. The minimum atomic E-state index is -3.00. The van der Waals surface area contributed by atoms with E-state index >= 15 is 0 Å². The molecule has 2 aliphatic rings. The first-order chi connectivity index (χ1) is 17.7. The van der Waals surface area contributed by atoms with Crippen LogP contribution in [-0.4, -0.2) is 58.6 Å². The zero-order valence-corrected chi connectivity index (χ0v) is 21.7. The van der Waals surface area contributed by atoms with Crippen LogP contribution >= 0.6 is 22.9 Å². The monoisotopic (exact) mass is 549 g/mol. The van der Waals surface area contributed by atoms with Crippen molar-refractivity contribution < 1.29 is 18.3 Å². The van der Waals surface area contributed by atoms with Gasteiger partial charge in [-0.3, -0.25) is 9.69 Å². The summed E-state index contributed by atoms with van der Waals surface area (Å²) in [5, 5.41) is 7.82. The van der Waals surface area contributed by atoms with E-state index in [1.165, 1.54) is 17.5 Å². The van der Waals surface area contributed by atoms with E-state index < -0.39 is 12.5 Å². The van der Waals surface area contributed by atoms with Crippen molar-refractivity contribution >= 4 is 57.7 Å². The summed E-state index contributed by atoms with van der Waals surface area (Å²) in [6.07, 6.45) is 2.41. The molecule has 1 aromatic carbocycles. The summed E-state index contributed by atoms with van der Waals surface area (Å²) in [4.78, 5) is 25.2. The van der Waals surface area contributed by atoms with Crippen LogP contribution in [0.1, 0.15) is 29.9 Å². The molecule has 0 saturated carbocycles. The molecule has 2 bridgehead atoms. The molecule has 37 heavy (non-hydrogen) atoms. The molecule has 4 N–H and O–H groups in total. The molecule has 3 aromatic rings. The number of nitrogens with one attached hydrogen (secondary N) is 2. The van der Waals surface area contributed by atoms with E-state index in [1.54, 1.807) is 23.6 Å². The van der Waals surface area contributed by atoms with Crippen molar-refractivity contribution in [2.45, 2.75) is 45.0 Å². The maximum absolute atomic E-state index is 13.3. The predicted octanol–water partition coefficient (Wildman–Crippen LogP) is 5.05. The number of halogens is 3. The molecule has 1 amide bonds. The molecule has 196 valence electrons. The van der Waals surface area contributed by atoms with Crippen molar-refractivity contribution in [2.75, 3.05) is 28.6 Å². The number of piperazine rings is 1. The molecule has 2 aliphatic heterocycles. The Bertz CT molecular complexity index is 1310. The van der Waals surface area contributed by atoms with Crippen LogP contribution in [0, 0.1) is 0 Å². The zero-order chi connectivity index (χ0) is 26.3. The second-order valence-corrected chi connectivity index (χ2v) is 10.5. The summed E-state index contributed by atoms with van der Waals surface area (Å²) in [7, 11) is 0. The van der Waals surface area contributed by atoms with E-state index in [4.69, 9.17) is 22.1 Å². The molecule has 2 saturated heterocycles. The molecule has 0 unspecified atom stereocenters. The number of fused-ring (bicyclic) bond motifs is 2. The third kappa shape index (κ3) is 5.27. The van der Waals surface area contributed by atoms with E-state index in [0.717, 1.165) is 25.2 Å². The second kappa shape index (κ2) is 10.3. The highest BCUT2D eigenvalue weighted by molar-refractivity contribution is 7.12. The number of nitrogens with two attached hydrogens (primary N) is 1. The summed E-state index contributed by atoms with van der Waals surface area (Å²) in [6, 6.07) is 8.11. The highest BCUT2D eigenvalue weighted by Gasteiger charge is 2.44. The number of ether oxygens (including phenoxy) is 1.